The fourth-order valence-corrected chi connectivity index (χ4v) is 1.81. The molecule has 0 aliphatic heterocycles. The lowest BCUT2D eigenvalue weighted by Crippen LogP contribution is -2.16. The Morgan fingerprint density at radius 3 is 2.84 bits per heavy atom. The van der Waals surface area contributed by atoms with Gasteiger partial charge >= 0.3 is 0 Å². The molecule has 0 aromatic rings. The molecule has 0 aromatic carbocycles. The van der Waals surface area contributed by atoms with Crippen LogP contribution in [0, 0.1) is 0 Å². The van der Waals surface area contributed by atoms with Gasteiger partial charge in [-0.2, -0.15) is 0 Å². The van der Waals surface area contributed by atoms with Gasteiger partial charge in [-0.1, -0.05) is 19.1 Å². The number of nitrogens with one attached hydrogen (secondary N) is 2. The second kappa shape index (κ2) is 8.35. The minimum absolute atomic E-state index is 0.162. The van der Waals surface area contributed by atoms with Gasteiger partial charge in [0, 0.05) is 19.3 Å². The predicted octanol–water partition coefficient (Wildman–Crippen LogP) is 3.73. The minimum Gasteiger partial charge on any atom is -0.394 e. The number of hydrogen-bond acceptors (Lipinski definition) is 2. The Kier molecular flexibility index (Phi) is 6.72. The summed E-state index contributed by atoms with van der Waals surface area (Å²) in [6.07, 6.45) is 12.6. The van der Waals surface area contributed by atoms with E-state index < -0.39 is 0 Å². The van der Waals surface area contributed by atoms with E-state index >= 15 is 0 Å². The highest BCUT2D eigenvalue weighted by Crippen LogP contribution is 2.11. The highest BCUT2D eigenvalue weighted by atomic mass is 19.1. The lowest BCUT2D eigenvalue weighted by Gasteiger charge is -2.10. The molecule has 0 saturated heterocycles. The molecule has 0 spiro atoms. The van der Waals surface area contributed by atoms with E-state index in [0.717, 1.165) is 18.5 Å². The molecule has 0 fully saturated rings. The Morgan fingerprint density at radius 2 is 2.16 bits per heavy atom. The van der Waals surface area contributed by atoms with E-state index in [2.05, 4.69) is 30.6 Å². The second-order valence-electron chi connectivity index (χ2n) is 4.49. The lowest BCUT2D eigenvalue weighted by molar-refractivity contribution is 0.663. The SMILES string of the molecule is CC/C(=C\C(C)=C/NC)NCC1=CCC=C(F)C=C1. The fourth-order valence-electron chi connectivity index (χ4n) is 1.81. The molecule has 0 unspecified atom stereocenters. The zero-order chi connectivity index (χ0) is 14.1. The van der Waals surface area contributed by atoms with Gasteiger partial charge in [-0.25, -0.2) is 4.39 Å². The summed E-state index contributed by atoms with van der Waals surface area (Å²) >= 11 is 0. The average Bonchev–Trinajstić information content (AvgIpc) is 2.59. The summed E-state index contributed by atoms with van der Waals surface area (Å²) < 4.78 is 13.0. The van der Waals surface area contributed by atoms with Crippen molar-refractivity contribution in [1.82, 2.24) is 10.6 Å². The third-order valence-electron chi connectivity index (χ3n) is 2.82. The van der Waals surface area contributed by atoms with Crippen LogP contribution in [0.4, 0.5) is 4.39 Å². The van der Waals surface area contributed by atoms with Crippen molar-refractivity contribution in [1.29, 1.82) is 0 Å². The van der Waals surface area contributed by atoms with Crippen LogP contribution in [-0.4, -0.2) is 13.6 Å². The molecule has 0 radical (unpaired) electrons. The first-order valence-corrected chi connectivity index (χ1v) is 6.67. The van der Waals surface area contributed by atoms with E-state index in [1.807, 2.05) is 25.4 Å². The minimum atomic E-state index is -0.162. The van der Waals surface area contributed by atoms with E-state index in [-0.39, 0.29) is 5.83 Å². The average molecular weight is 262 g/mol. The topological polar surface area (TPSA) is 24.1 Å². The largest absolute Gasteiger partial charge is 0.394 e. The zero-order valence-electron chi connectivity index (χ0n) is 12.0. The van der Waals surface area contributed by atoms with Gasteiger partial charge in [0.25, 0.3) is 0 Å². The molecule has 0 saturated carbocycles. The molecule has 19 heavy (non-hydrogen) atoms. The quantitative estimate of drug-likeness (QED) is 0.713. The van der Waals surface area contributed by atoms with Crippen molar-refractivity contribution in [3.63, 3.8) is 0 Å². The van der Waals surface area contributed by atoms with Crippen LogP contribution < -0.4 is 10.6 Å². The lowest BCUT2D eigenvalue weighted by atomic mass is 10.2. The van der Waals surface area contributed by atoms with Crippen molar-refractivity contribution in [2.75, 3.05) is 13.6 Å². The fraction of sp³-hybridized carbons (Fsp3) is 0.375. The van der Waals surface area contributed by atoms with Gasteiger partial charge in [-0.05, 0) is 55.3 Å². The maximum absolute atomic E-state index is 13.0. The van der Waals surface area contributed by atoms with Gasteiger partial charge < -0.3 is 10.6 Å². The number of halogens is 1. The van der Waals surface area contributed by atoms with Crippen LogP contribution in [0.1, 0.15) is 26.7 Å². The molecule has 104 valence electrons. The predicted molar refractivity (Wildman–Crippen MR) is 80.2 cm³/mol. The molecule has 0 amide bonds. The van der Waals surface area contributed by atoms with Crippen LogP contribution in [0.25, 0.3) is 0 Å². The molecule has 2 N–H and O–H groups in total. The van der Waals surface area contributed by atoms with Crippen molar-refractivity contribution in [2.24, 2.45) is 0 Å². The summed E-state index contributed by atoms with van der Waals surface area (Å²) in [6, 6.07) is 0. The highest BCUT2D eigenvalue weighted by Gasteiger charge is 1.99. The van der Waals surface area contributed by atoms with E-state index in [0.29, 0.717) is 6.42 Å². The smallest absolute Gasteiger partial charge is 0.119 e. The van der Waals surface area contributed by atoms with Crippen molar-refractivity contribution in [3.8, 4) is 0 Å². The Hall–Kier alpha value is -1.77. The van der Waals surface area contributed by atoms with E-state index in [1.54, 1.807) is 6.08 Å². The number of allylic oxidation sites excluding steroid dienone is 7. The summed E-state index contributed by atoms with van der Waals surface area (Å²) in [6.45, 7) is 4.89. The van der Waals surface area contributed by atoms with Crippen molar-refractivity contribution < 1.29 is 4.39 Å². The third kappa shape index (κ3) is 6.09. The molecule has 1 rings (SSSR count). The zero-order valence-corrected chi connectivity index (χ0v) is 12.0. The van der Waals surface area contributed by atoms with Crippen molar-refractivity contribution >= 4 is 0 Å². The molecule has 0 bridgehead atoms. The second-order valence-corrected chi connectivity index (χ2v) is 4.49. The van der Waals surface area contributed by atoms with E-state index in [1.165, 1.54) is 17.3 Å². The summed E-state index contributed by atoms with van der Waals surface area (Å²) in [7, 11) is 1.89. The van der Waals surface area contributed by atoms with Gasteiger partial charge in [0.1, 0.15) is 5.83 Å². The van der Waals surface area contributed by atoms with Gasteiger partial charge in [-0.15, -0.1) is 0 Å². The number of rotatable bonds is 6. The van der Waals surface area contributed by atoms with Crippen LogP contribution in [0.3, 0.4) is 0 Å². The molecular weight excluding hydrogens is 239 g/mol. The summed E-state index contributed by atoms with van der Waals surface area (Å²) in [5.74, 6) is -0.162. The summed E-state index contributed by atoms with van der Waals surface area (Å²) in [5.41, 5.74) is 3.46. The van der Waals surface area contributed by atoms with Gasteiger partial charge in [0.2, 0.25) is 0 Å². The first-order valence-electron chi connectivity index (χ1n) is 6.67. The maximum atomic E-state index is 13.0. The first kappa shape index (κ1) is 15.3. The van der Waals surface area contributed by atoms with Gasteiger partial charge in [0.15, 0.2) is 0 Å². The van der Waals surface area contributed by atoms with Crippen LogP contribution in [0.15, 0.2) is 59.3 Å². The molecule has 1 aliphatic carbocycles. The van der Waals surface area contributed by atoms with Crippen LogP contribution in [0.2, 0.25) is 0 Å². The molecule has 3 heteroatoms. The first-order chi connectivity index (χ1) is 9.15. The molecule has 2 nitrogen and oxygen atoms in total. The Balaban J connectivity index is 2.57. The van der Waals surface area contributed by atoms with Crippen LogP contribution >= 0.6 is 0 Å². The highest BCUT2D eigenvalue weighted by molar-refractivity contribution is 5.31. The standard InChI is InChI=1S/C16H23FN2/c1-4-16(10-13(2)11-18-3)19-12-14-6-5-7-15(17)9-8-14/h6-11,18-19H,4-5,12H2,1-3H3/b13-11-,16-10+. The maximum Gasteiger partial charge on any atom is 0.119 e. The third-order valence-corrected chi connectivity index (χ3v) is 2.82. The normalized spacial score (nSPS) is 16.6. The van der Waals surface area contributed by atoms with E-state index in [4.69, 9.17) is 0 Å². The summed E-state index contributed by atoms with van der Waals surface area (Å²) in [4.78, 5) is 0. The number of hydrogen-bond donors (Lipinski definition) is 2. The molecule has 1 aliphatic rings. The van der Waals surface area contributed by atoms with Gasteiger partial charge in [-0.3, -0.25) is 0 Å². The van der Waals surface area contributed by atoms with Crippen molar-refractivity contribution in [3.05, 3.63) is 59.3 Å². The van der Waals surface area contributed by atoms with Crippen LogP contribution in [-0.2, 0) is 0 Å². The Labute approximate surface area is 115 Å². The summed E-state index contributed by atoms with van der Waals surface area (Å²) in [5, 5.41) is 6.41. The molecular formula is C16H23FN2. The van der Waals surface area contributed by atoms with E-state index in [9.17, 15) is 4.39 Å². The van der Waals surface area contributed by atoms with Gasteiger partial charge in [0.05, 0.1) is 0 Å². The Bertz CT molecular complexity index is 440. The van der Waals surface area contributed by atoms with Crippen LogP contribution in [0.5, 0.6) is 0 Å². The van der Waals surface area contributed by atoms with Crippen molar-refractivity contribution in [2.45, 2.75) is 26.7 Å². The Morgan fingerprint density at radius 1 is 1.37 bits per heavy atom. The molecule has 0 heterocycles. The molecule has 0 atom stereocenters. The monoisotopic (exact) mass is 262 g/mol. The molecule has 0 aromatic heterocycles.